The molecule has 0 amide bonds. The van der Waals surface area contributed by atoms with Crippen molar-refractivity contribution in [3.05, 3.63) is 0 Å². The molecule has 14 heteroatoms. The lowest BCUT2D eigenvalue weighted by Gasteiger charge is -2.16. The van der Waals surface area contributed by atoms with Gasteiger partial charge in [0.1, 0.15) is 0 Å². The van der Waals surface area contributed by atoms with Crippen molar-refractivity contribution in [2.75, 3.05) is 19.8 Å². The molecule has 0 saturated carbocycles. The van der Waals surface area contributed by atoms with E-state index >= 15 is 0 Å². The van der Waals surface area contributed by atoms with Crippen LogP contribution in [0.2, 0.25) is 0 Å². The van der Waals surface area contributed by atoms with Crippen molar-refractivity contribution in [1.82, 2.24) is 0 Å². The number of rotatable bonds is 12. The molecule has 0 radical (unpaired) electrons. The molecule has 0 unspecified atom stereocenters. The van der Waals surface area contributed by atoms with Gasteiger partial charge in [0.2, 0.25) is 0 Å². The molecule has 0 aromatic rings. The Bertz CT molecular complexity index is 319. The molecule has 0 aliphatic rings. The van der Waals surface area contributed by atoms with Crippen LogP contribution in [0.4, 0.5) is 0 Å². The second-order valence-electron chi connectivity index (χ2n) is 4.81. The molecular formula is C12H33O9P3S2. The van der Waals surface area contributed by atoms with E-state index in [2.05, 4.69) is 44.4 Å². The molecule has 0 atom stereocenters. The lowest BCUT2D eigenvalue weighted by molar-refractivity contribution is 0.155. The Morgan fingerprint density at radius 2 is 0.808 bits per heavy atom. The molecule has 0 aliphatic carbocycles. The van der Waals surface area contributed by atoms with E-state index in [4.69, 9.17) is 42.9 Å². The van der Waals surface area contributed by atoms with E-state index < -0.39 is 22.0 Å². The number of hydrogen-bond acceptors (Lipinski definition) is 5. The first kappa shape index (κ1) is 32.0. The Morgan fingerprint density at radius 3 is 0.962 bits per heavy atom. The molecule has 0 saturated heterocycles. The van der Waals surface area contributed by atoms with E-state index in [9.17, 15) is 0 Å². The molecule has 0 aromatic carbocycles. The van der Waals surface area contributed by atoms with Crippen molar-refractivity contribution in [3.63, 3.8) is 0 Å². The summed E-state index contributed by atoms with van der Waals surface area (Å²) in [5.74, 6) is 0. The molecule has 0 aliphatic heterocycles. The second-order valence-corrected chi connectivity index (χ2v) is 11.0. The minimum absolute atomic E-state index is 0.750. The number of unbranched alkanes of at least 4 members (excludes halogenated alkanes) is 3. The standard InChI is InChI=1S/C12H27O3P.2H3O3PS/c1-4-7-10-13-16(14-11-8-5-2)15-12-9-6-3;2*1-4(2,3)5/h4-12H2,1-3H3;2*(H3,1,2,3,5). The third-order valence-corrected chi connectivity index (χ3v) is 3.26. The van der Waals surface area contributed by atoms with E-state index in [1.54, 1.807) is 0 Å². The highest BCUT2D eigenvalue weighted by molar-refractivity contribution is 8.06. The van der Waals surface area contributed by atoms with Gasteiger partial charge in [0.15, 0.2) is 0 Å². The van der Waals surface area contributed by atoms with Gasteiger partial charge in [0.05, 0.1) is 19.8 Å². The summed E-state index contributed by atoms with van der Waals surface area (Å²) in [5, 5.41) is 0. The third kappa shape index (κ3) is 56.2. The average Bonchev–Trinajstić information content (AvgIpc) is 2.44. The monoisotopic (exact) mass is 478 g/mol. The highest BCUT2D eigenvalue weighted by Gasteiger charge is 2.11. The van der Waals surface area contributed by atoms with E-state index in [0.717, 1.165) is 58.3 Å². The fourth-order valence-electron chi connectivity index (χ4n) is 0.962. The summed E-state index contributed by atoms with van der Waals surface area (Å²) in [6.45, 7) is 1.10. The molecule has 162 valence electrons. The van der Waals surface area contributed by atoms with Gasteiger partial charge in [-0.25, -0.2) is 0 Å². The summed E-state index contributed by atoms with van der Waals surface area (Å²) in [6.07, 6.45) is 6.67. The van der Waals surface area contributed by atoms with Gasteiger partial charge in [-0.05, 0) is 42.9 Å². The summed E-state index contributed by atoms with van der Waals surface area (Å²) >= 11 is 7.21. The zero-order valence-corrected chi connectivity index (χ0v) is 19.7. The molecule has 0 spiro atoms. The maximum atomic E-state index is 7.56. The molecule has 9 nitrogen and oxygen atoms in total. The summed E-state index contributed by atoms with van der Waals surface area (Å²) in [6, 6.07) is 0. The van der Waals surface area contributed by atoms with Crippen molar-refractivity contribution < 1.29 is 42.9 Å². The Morgan fingerprint density at radius 1 is 0.615 bits per heavy atom. The van der Waals surface area contributed by atoms with Crippen molar-refractivity contribution in [3.8, 4) is 0 Å². The van der Waals surface area contributed by atoms with Crippen LogP contribution in [0.3, 0.4) is 0 Å². The van der Waals surface area contributed by atoms with Crippen LogP contribution in [-0.4, -0.2) is 49.2 Å². The first-order valence-corrected chi connectivity index (χ1v) is 14.5. The molecule has 6 N–H and O–H groups in total. The lowest BCUT2D eigenvalue weighted by atomic mass is 10.4. The van der Waals surface area contributed by atoms with Crippen LogP contribution < -0.4 is 0 Å². The molecule has 0 heterocycles. The zero-order chi connectivity index (χ0) is 21.1. The van der Waals surface area contributed by atoms with Crippen molar-refractivity contribution >= 4 is 45.7 Å². The fraction of sp³-hybridized carbons (Fsp3) is 1.00. The first-order chi connectivity index (χ1) is 11.8. The maximum Gasteiger partial charge on any atom is 0.332 e. The zero-order valence-electron chi connectivity index (χ0n) is 15.4. The molecular weight excluding hydrogens is 445 g/mol. The molecule has 26 heavy (non-hydrogen) atoms. The normalized spacial score (nSPS) is 11.5. The predicted molar refractivity (Wildman–Crippen MR) is 111 cm³/mol. The summed E-state index contributed by atoms with van der Waals surface area (Å²) in [7, 11) is -1.10. The third-order valence-electron chi connectivity index (χ3n) is 2.08. The van der Waals surface area contributed by atoms with Gasteiger partial charge in [-0.15, -0.1) is 0 Å². The van der Waals surface area contributed by atoms with Gasteiger partial charge in [0, 0.05) is 0 Å². The topological polar surface area (TPSA) is 149 Å². The second kappa shape index (κ2) is 21.1. The molecule has 0 aromatic heterocycles. The van der Waals surface area contributed by atoms with E-state index in [1.807, 2.05) is 0 Å². The highest BCUT2D eigenvalue weighted by Crippen LogP contribution is 2.40. The van der Waals surface area contributed by atoms with Gasteiger partial charge in [-0.1, -0.05) is 40.0 Å². The Balaban J connectivity index is -0.000000433. The van der Waals surface area contributed by atoms with Crippen molar-refractivity contribution in [1.29, 1.82) is 0 Å². The van der Waals surface area contributed by atoms with Gasteiger partial charge in [-0.3, -0.25) is 0 Å². The molecule has 0 rings (SSSR count). The highest BCUT2D eigenvalue weighted by atomic mass is 32.5. The van der Waals surface area contributed by atoms with E-state index in [1.165, 1.54) is 0 Å². The van der Waals surface area contributed by atoms with Crippen molar-refractivity contribution in [2.24, 2.45) is 0 Å². The molecule has 0 bridgehead atoms. The van der Waals surface area contributed by atoms with Gasteiger partial charge in [-0.2, -0.15) is 0 Å². The minimum Gasteiger partial charge on any atom is -0.325 e. The average molecular weight is 478 g/mol. The Hall–Kier alpha value is 1.37. The van der Waals surface area contributed by atoms with Crippen LogP contribution in [0.15, 0.2) is 0 Å². The Labute approximate surface area is 167 Å². The maximum absolute atomic E-state index is 7.56. The summed E-state index contributed by atoms with van der Waals surface area (Å²) in [4.78, 5) is 45.3. The molecule has 0 fully saturated rings. The van der Waals surface area contributed by atoms with Crippen LogP contribution in [-0.2, 0) is 37.2 Å². The predicted octanol–water partition coefficient (Wildman–Crippen LogP) is 3.04. The minimum atomic E-state index is -3.81. The summed E-state index contributed by atoms with van der Waals surface area (Å²) in [5.41, 5.74) is 0. The first-order valence-electron chi connectivity index (χ1n) is 8.10. The largest absolute Gasteiger partial charge is 0.332 e. The van der Waals surface area contributed by atoms with Crippen LogP contribution in [0.5, 0.6) is 0 Å². The van der Waals surface area contributed by atoms with Crippen LogP contribution >= 0.6 is 22.0 Å². The van der Waals surface area contributed by atoms with Crippen LogP contribution in [0, 0.1) is 0 Å². The van der Waals surface area contributed by atoms with E-state index in [0.29, 0.717) is 0 Å². The lowest BCUT2D eigenvalue weighted by Crippen LogP contribution is -1.99. The van der Waals surface area contributed by atoms with Gasteiger partial charge < -0.3 is 42.9 Å². The smallest absolute Gasteiger partial charge is 0.325 e. The quantitative estimate of drug-likeness (QED) is 0.182. The van der Waals surface area contributed by atoms with Gasteiger partial charge in [0.25, 0.3) is 0 Å². The van der Waals surface area contributed by atoms with Crippen molar-refractivity contribution in [2.45, 2.75) is 59.3 Å². The summed E-state index contributed by atoms with van der Waals surface area (Å²) < 4.78 is 16.8. The fourth-order valence-corrected chi connectivity index (χ4v) is 2.02. The number of hydrogen-bond donors (Lipinski definition) is 6. The SMILES string of the molecule is CCCCOP(OCCCC)OCCCC.OP(O)(O)=S.OP(O)(O)=S. The van der Waals surface area contributed by atoms with Gasteiger partial charge >= 0.3 is 22.0 Å². The van der Waals surface area contributed by atoms with E-state index in [-0.39, 0.29) is 0 Å². The Kier molecular flexibility index (Phi) is 26.0. The van der Waals surface area contributed by atoms with Crippen LogP contribution in [0.25, 0.3) is 0 Å². The van der Waals surface area contributed by atoms with Crippen LogP contribution in [0.1, 0.15) is 59.3 Å².